The standard InChI is InChI=1S/C32H52O4/c1-7-23(21(2)3)9-8-22(4)27-12-13-28-26-11-10-24-20-25(36-30(34)35-19-18-33)14-16-31(24,5)29(26)15-17-32(27,28)6/h8-10,21-23,25-29,33H,7,11-20H2,1-6H3/b9-8+/t22-,23-,25+,26?,27-,28?,29?,31+,32-/m1/s1. The van der Waals surface area contributed by atoms with Crippen molar-refractivity contribution in [3.8, 4) is 0 Å². The number of fused-ring (bicyclic) bond motifs is 5. The van der Waals surface area contributed by atoms with Crippen LogP contribution in [0.3, 0.4) is 0 Å². The van der Waals surface area contributed by atoms with Gasteiger partial charge in [0.1, 0.15) is 12.7 Å². The summed E-state index contributed by atoms with van der Waals surface area (Å²) in [4.78, 5) is 11.9. The smallest absolute Gasteiger partial charge is 0.432 e. The summed E-state index contributed by atoms with van der Waals surface area (Å²) in [5.74, 6) is 5.27. The second-order valence-corrected chi connectivity index (χ2v) is 13.4. The Balaban J connectivity index is 1.44. The van der Waals surface area contributed by atoms with Crippen LogP contribution < -0.4 is 0 Å². The molecular weight excluding hydrogens is 448 g/mol. The molecule has 36 heavy (non-hydrogen) atoms. The first-order valence-corrected chi connectivity index (χ1v) is 15.0. The Bertz CT molecular complexity index is 830. The fourth-order valence-electron chi connectivity index (χ4n) is 9.21. The van der Waals surface area contributed by atoms with Crippen LogP contribution in [0.4, 0.5) is 4.79 Å². The van der Waals surface area contributed by atoms with Gasteiger partial charge in [-0.1, -0.05) is 65.3 Å². The maximum Gasteiger partial charge on any atom is 0.508 e. The minimum Gasteiger partial charge on any atom is -0.432 e. The van der Waals surface area contributed by atoms with Crippen molar-refractivity contribution in [2.24, 2.45) is 52.3 Å². The largest absolute Gasteiger partial charge is 0.508 e. The van der Waals surface area contributed by atoms with Gasteiger partial charge in [-0.15, -0.1) is 0 Å². The highest BCUT2D eigenvalue weighted by molar-refractivity contribution is 5.60. The molecule has 3 saturated carbocycles. The highest BCUT2D eigenvalue weighted by Gasteiger charge is 2.59. The van der Waals surface area contributed by atoms with Crippen molar-refractivity contribution in [1.82, 2.24) is 0 Å². The van der Waals surface area contributed by atoms with Crippen molar-refractivity contribution >= 4 is 6.16 Å². The van der Waals surface area contributed by atoms with Crippen LogP contribution in [0.1, 0.15) is 99.3 Å². The van der Waals surface area contributed by atoms with E-state index in [1.54, 1.807) is 0 Å². The second-order valence-electron chi connectivity index (χ2n) is 13.4. The van der Waals surface area contributed by atoms with E-state index in [1.807, 2.05) is 0 Å². The first-order valence-electron chi connectivity index (χ1n) is 15.0. The number of hydrogen-bond acceptors (Lipinski definition) is 4. The Morgan fingerprint density at radius 1 is 1.11 bits per heavy atom. The summed E-state index contributed by atoms with van der Waals surface area (Å²) in [5.41, 5.74) is 2.22. The van der Waals surface area contributed by atoms with E-state index in [-0.39, 0.29) is 24.7 Å². The van der Waals surface area contributed by atoms with Gasteiger partial charge in [0, 0.05) is 6.42 Å². The first-order chi connectivity index (χ1) is 17.1. The van der Waals surface area contributed by atoms with E-state index in [0.717, 1.165) is 48.9 Å². The van der Waals surface area contributed by atoms with Crippen LogP contribution in [-0.2, 0) is 9.47 Å². The molecular formula is C32H52O4. The molecule has 0 aromatic heterocycles. The van der Waals surface area contributed by atoms with Gasteiger partial charge in [-0.3, -0.25) is 0 Å². The molecule has 4 nitrogen and oxygen atoms in total. The lowest BCUT2D eigenvalue weighted by Gasteiger charge is -2.58. The Hall–Kier alpha value is -1.29. The molecule has 3 fully saturated rings. The number of ether oxygens (including phenoxy) is 2. The summed E-state index contributed by atoms with van der Waals surface area (Å²) in [6.07, 6.45) is 17.7. The van der Waals surface area contributed by atoms with Crippen molar-refractivity contribution in [2.75, 3.05) is 13.2 Å². The van der Waals surface area contributed by atoms with Crippen LogP contribution in [0.25, 0.3) is 0 Å². The quantitative estimate of drug-likeness (QED) is 0.271. The van der Waals surface area contributed by atoms with Crippen LogP contribution in [0.5, 0.6) is 0 Å². The molecule has 4 aliphatic rings. The van der Waals surface area contributed by atoms with Crippen molar-refractivity contribution < 1.29 is 19.4 Å². The average Bonchev–Trinajstić information content (AvgIpc) is 3.20. The summed E-state index contributed by atoms with van der Waals surface area (Å²) in [6, 6.07) is 0. The van der Waals surface area contributed by atoms with E-state index in [0.29, 0.717) is 17.3 Å². The van der Waals surface area contributed by atoms with E-state index >= 15 is 0 Å². The minimum absolute atomic E-state index is 0.00217. The molecule has 204 valence electrons. The van der Waals surface area contributed by atoms with E-state index in [2.05, 4.69) is 59.8 Å². The third kappa shape index (κ3) is 5.18. The van der Waals surface area contributed by atoms with E-state index in [9.17, 15) is 4.79 Å². The summed E-state index contributed by atoms with van der Waals surface area (Å²) in [6.45, 7) is 14.5. The van der Waals surface area contributed by atoms with Gasteiger partial charge in [-0.05, 0) is 104 Å². The van der Waals surface area contributed by atoms with Gasteiger partial charge in [0.2, 0.25) is 0 Å². The zero-order chi connectivity index (χ0) is 26.1. The van der Waals surface area contributed by atoms with Gasteiger partial charge < -0.3 is 14.6 Å². The summed E-state index contributed by atoms with van der Waals surface area (Å²) < 4.78 is 10.5. The number of aliphatic hydroxyl groups is 1. The van der Waals surface area contributed by atoms with Crippen molar-refractivity contribution in [3.05, 3.63) is 23.8 Å². The number of hydrogen-bond donors (Lipinski definition) is 1. The number of allylic oxidation sites excluding steroid dienone is 3. The van der Waals surface area contributed by atoms with Crippen LogP contribution in [0.2, 0.25) is 0 Å². The van der Waals surface area contributed by atoms with Crippen LogP contribution in [0.15, 0.2) is 23.8 Å². The molecule has 0 bridgehead atoms. The van der Waals surface area contributed by atoms with Crippen LogP contribution in [-0.4, -0.2) is 30.6 Å². The molecule has 0 amide bonds. The fraction of sp³-hybridized carbons (Fsp3) is 0.844. The minimum atomic E-state index is -0.640. The fourth-order valence-corrected chi connectivity index (χ4v) is 9.21. The molecule has 9 atom stereocenters. The maximum atomic E-state index is 11.9. The molecule has 0 heterocycles. The first kappa shape index (κ1) is 27.7. The lowest BCUT2D eigenvalue weighted by molar-refractivity contribution is -0.0594. The van der Waals surface area contributed by atoms with Gasteiger partial charge in [0.05, 0.1) is 6.61 Å². The third-order valence-electron chi connectivity index (χ3n) is 11.3. The topological polar surface area (TPSA) is 55.8 Å². The van der Waals surface area contributed by atoms with Gasteiger partial charge >= 0.3 is 6.16 Å². The predicted molar refractivity (Wildman–Crippen MR) is 145 cm³/mol. The molecule has 4 aliphatic carbocycles. The third-order valence-corrected chi connectivity index (χ3v) is 11.3. The normalized spacial score (nSPS) is 39.7. The number of aliphatic hydroxyl groups excluding tert-OH is 1. The molecule has 0 aromatic rings. The lowest BCUT2D eigenvalue weighted by Crippen LogP contribution is -2.51. The molecule has 0 spiro atoms. The van der Waals surface area contributed by atoms with Gasteiger partial charge in [0.25, 0.3) is 0 Å². The van der Waals surface area contributed by atoms with Crippen molar-refractivity contribution in [1.29, 1.82) is 0 Å². The Morgan fingerprint density at radius 2 is 1.89 bits per heavy atom. The summed E-state index contributed by atoms with van der Waals surface area (Å²) in [7, 11) is 0. The summed E-state index contributed by atoms with van der Waals surface area (Å²) >= 11 is 0. The van der Waals surface area contributed by atoms with E-state index in [1.165, 1.54) is 44.1 Å². The van der Waals surface area contributed by atoms with E-state index in [4.69, 9.17) is 14.6 Å². The highest BCUT2D eigenvalue weighted by Crippen LogP contribution is 2.67. The highest BCUT2D eigenvalue weighted by atomic mass is 16.7. The molecule has 0 saturated heterocycles. The predicted octanol–water partition coefficient (Wildman–Crippen LogP) is 7.95. The monoisotopic (exact) mass is 500 g/mol. The number of carbonyl (C=O) groups excluding carboxylic acids is 1. The molecule has 0 aromatic carbocycles. The Labute approximate surface area is 220 Å². The molecule has 0 aliphatic heterocycles. The molecule has 0 radical (unpaired) electrons. The second kappa shape index (κ2) is 11.2. The SMILES string of the molecule is CC[C@H](/C=C/[C@@H](C)[C@H]1CCC2C3CC=C4C[C@@H](OC(=O)OCCO)CC[C@]4(C)C3CC[C@@]21C)C(C)C. The zero-order valence-electron chi connectivity index (χ0n) is 23.8. The molecule has 4 rings (SSSR count). The van der Waals surface area contributed by atoms with Crippen LogP contribution >= 0.6 is 0 Å². The van der Waals surface area contributed by atoms with Gasteiger partial charge in [0.15, 0.2) is 0 Å². The molecule has 3 unspecified atom stereocenters. The maximum absolute atomic E-state index is 11.9. The van der Waals surface area contributed by atoms with Crippen molar-refractivity contribution in [2.45, 2.75) is 105 Å². The summed E-state index contributed by atoms with van der Waals surface area (Å²) in [5, 5.41) is 8.88. The zero-order valence-corrected chi connectivity index (χ0v) is 23.8. The Kier molecular flexibility index (Phi) is 8.64. The Morgan fingerprint density at radius 3 is 2.58 bits per heavy atom. The van der Waals surface area contributed by atoms with Gasteiger partial charge in [-0.25, -0.2) is 4.79 Å². The van der Waals surface area contributed by atoms with E-state index < -0.39 is 6.16 Å². The van der Waals surface area contributed by atoms with Crippen molar-refractivity contribution in [3.63, 3.8) is 0 Å². The van der Waals surface area contributed by atoms with Gasteiger partial charge in [-0.2, -0.15) is 0 Å². The molecule has 1 N–H and O–H groups in total. The lowest BCUT2D eigenvalue weighted by atomic mass is 9.47. The average molecular weight is 501 g/mol. The van der Waals surface area contributed by atoms with Crippen LogP contribution in [0, 0.1) is 52.3 Å². The molecule has 4 heteroatoms. The number of rotatable bonds is 8. The number of carbonyl (C=O) groups is 1.